The lowest BCUT2D eigenvalue weighted by Crippen LogP contribution is -2.06. The molecule has 0 radical (unpaired) electrons. The second kappa shape index (κ2) is 3.74. The summed E-state index contributed by atoms with van der Waals surface area (Å²) in [4.78, 5) is 12.3. The highest BCUT2D eigenvalue weighted by atomic mass is 16.3. The maximum absolute atomic E-state index is 12.3. The van der Waals surface area contributed by atoms with Gasteiger partial charge >= 0.3 is 0 Å². The first-order valence-electron chi connectivity index (χ1n) is 5.66. The Morgan fingerprint density at radius 3 is 2.82 bits per heavy atom. The van der Waals surface area contributed by atoms with Gasteiger partial charge in [0.15, 0.2) is 5.43 Å². The van der Waals surface area contributed by atoms with E-state index in [2.05, 4.69) is 19.1 Å². The van der Waals surface area contributed by atoms with E-state index < -0.39 is 0 Å². The predicted octanol–water partition coefficient (Wildman–Crippen LogP) is 3.38. The molecule has 2 aromatic rings. The number of hydrogen-bond donors (Lipinski definition) is 0. The first-order chi connectivity index (χ1) is 8.25. The van der Waals surface area contributed by atoms with Crippen LogP contribution in [0.25, 0.3) is 16.5 Å². The monoisotopic (exact) mass is 224 g/mol. The Labute approximate surface area is 98.9 Å². The van der Waals surface area contributed by atoms with E-state index in [0.717, 1.165) is 5.57 Å². The second-order valence-corrected chi connectivity index (χ2v) is 4.31. The Morgan fingerprint density at radius 1 is 1.24 bits per heavy atom. The average Bonchev–Trinajstić information content (AvgIpc) is 2.77. The molecule has 0 aliphatic heterocycles. The molecular weight excluding hydrogens is 212 g/mol. The van der Waals surface area contributed by atoms with Crippen molar-refractivity contribution in [1.82, 2.24) is 0 Å². The van der Waals surface area contributed by atoms with Gasteiger partial charge in [0.2, 0.25) is 0 Å². The predicted molar refractivity (Wildman–Crippen MR) is 68.8 cm³/mol. The number of rotatable bonds is 1. The van der Waals surface area contributed by atoms with Gasteiger partial charge in [-0.05, 0) is 23.6 Å². The summed E-state index contributed by atoms with van der Waals surface area (Å²) in [5.74, 6) is 0.385. The fourth-order valence-electron chi connectivity index (χ4n) is 2.11. The van der Waals surface area contributed by atoms with Crippen molar-refractivity contribution in [3.63, 3.8) is 0 Å². The van der Waals surface area contributed by atoms with Crippen LogP contribution >= 0.6 is 0 Å². The number of para-hydroxylation sites is 1. The third-order valence-electron chi connectivity index (χ3n) is 3.01. The highest BCUT2D eigenvalue weighted by molar-refractivity contribution is 5.83. The molecule has 0 amide bonds. The van der Waals surface area contributed by atoms with Crippen molar-refractivity contribution in [2.45, 2.75) is 6.92 Å². The summed E-state index contributed by atoms with van der Waals surface area (Å²) in [6, 6.07) is 7.32. The summed E-state index contributed by atoms with van der Waals surface area (Å²) in [6.45, 7) is 2.09. The lowest BCUT2D eigenvalue weighted by Gasteiger charge is -2.01. The van der Waals surface area contributed by atoms with E-state index in [1.807, 2.05) is 24.3 Å². The van der Waals surface area contributed by atoms with Crippen LogP contribution < -0.4 is 5.43 Å². The van der Waals surface area contributed by atoms with Gasteiger partial charge in [0.25, 0.3) is 0 Å². The van der Waals surface area contributed by atoms with E-state index in [1.54, 1.807) is 12.3 Å². The molecule has 2 nitrogen and oxygen atoms in total. The number of fused-ring (bicyclic) bond motifs is 1. The number of hydrogen-bond acceptors (Lipinski definition) is 2. The molecule has 1 aliphatic rings. The average molecular weight is 224 g/mol. The molecule has 1 heterocycles. The van der Waals surface area contributed by atoms with E-state index >= 15 is 0 Å². The van der Waals surface area contributed by atoms with Crippen molar-refractivity contribution in [3.8, 4) is 0 Å². The van der Waals surface area contributed by atoms with Gasteiger partial charge in [-0.1, -0.05) is 37.3 Å². The first kappa shape index (κ1) is 10.1. The maximum atomic E-state index is 12.3. The SMILES string of the molecule is CC1C=CC(c2coc3ccccc3c2=O)=C1. The quantitative estimate of drug-likeness (QED) is 0.743. The molecule has 2 heteroatoms. The highest BCUT2D eigenvalue weighted by Crippen LogP contribution is 2.24. The van der Waals surface area contributed by atoms with Crippen LogP contribution in [0, 0.1) is 5.92 Å². The van der Waals surface area contributed by atoms with E-state index in [9.17, 15) is 4.79 Å². The zero-order valence-corrected chi connectivity index (χ0v) is 9.51. The van der Waals surface area contributed by atoms with Gasteiger partial charge in [0.1, 0.15) is 11.8 Å². The first-order valence-corrected chi connectivity index (χ1v) is 5.66. The van der Waals surface area contributed by atoms with E-state index in [1.165, 1.54) is 0 Å². The molecular formula is C15H12O2. The van der Waals surface area contributed by atoms with Crippen LogP contribution in [0.15, 0.2) is 58.0 Å². The number of allylic oxidation sites excluding steroid dienone is 4. The molecule has 84 valence electrons. The lowest BCUT2D eigenvalue weighted by molar-refractivity contribution is 0.600. The zero-order valence-electron chi connectivity index (χ0n) is 9.51. The van der Waals surface area contributed by atoms with Crippen LogP contribution in [0.4, 0.5) is 0 Å². The van der Waals surface area contributed by atoms with Gasteiger partial charge in [-0.3, -0.25) is 4.79 Å². The van der Waals surface area contributed by atoms with Gasteiger partial charge in [0.05, 0.1) is 10.9 Å². The minimum absolute atomic E-state index is 0.0388. The van der Waals surface area contributed by atoms with Crippen molar-refractivity contribution < 1.29 is 4.42 Å². The molecule has 1 unspecified atom stereocenters. The van der Waals surface area contributed by atoms with Crippen molar-refractivity contribution >= 4 is 16.5 Å². The van der Waals surface area contributed by atoms with Crippen LogP contribution in [0.3, 0.4) is 0 Å². The van der Waals surface area contributed by atoms with Crippen LogP contribution in [0.1, 0.15) is 12.5 Å². The van der Waals surface area contributed by atoms with Gasteiger partial charge in [-0.25, -0.2) is 0 Å². The van der Waals surface area contributed by atoms with Crippen LogP contribution in [0.5, 0.6) is 0 Å². The largest absolute Gasteiger partial charge is 0.463 e. The van der Waals surface area contributed by atoms with Crippen molar-refractivity contribution in [2.24, 2.45) is 5.92 Å². The van der Waals surface area contributed by atoms with Gasteiger partial charge in [-0.2, -0.15) is 0 Å². The third-order valence-corrected chi connectivity index (χ3v) is 3.01. The molecule has 0 spiro atoms. The summed E-state index contributed by atoms with van der Waals surface area (Å²) in [6.07, 6.45) is 7.68. The molecule has 1 atom stereocenters. The van der Waals surface area contributed by atoms with Crippen molar-refractivity contribution in [3.05, 3.63) is 64.5 Å². The van der Waals surface area contributed by atoms with E-state index in [0.29, 0.717) is 22.5 Å². The standard InChI is InChI=1S/C15H12O2/c1-10-6-7-11(8-10)13-9-17-14-5-3-2-4-12(14)15(13)16/h2-10H,1H3. The molecule has 1 aliphatic carbocycles. The zero-order chi connectivity index (χ0) is 11.8. The Hall–Kier alpha value is -2.09. The van der Waals surface area contributed by atoms with E-state index in [4.69, 9.17) is 4.42 Å². The summed E-state index contributed by atoms with van der Waals surface area (Å²) in [5, 5.41) is 0.638. The molecule has 1 aromatic heterocycles. The Balaban J connectivity index is 2.26. The Morgan fingerprint density at radius 2 is 2.06 bits per heavy atom. The fraction of sp³-hybridized carbons (Fsp3) is 0.133. The maximum Gasteiger partial charge on any atom is 0.200 e. The summed E-state index contributed by atoms with van der Waals surface area (Å²) < 4.78 is 5.50. The van der Waals surface area contributed by atoms with Gasteiger partial charge < -0.3 is 4.42 Å². The molecule has 0 saturated carbocycles. The summed E-state index contributed by atoms with van der Waals surface area (Å²) in [5.41, 5.74) is 2.27. The van der Waals surface area contributed by atoms with Crippen LogP contribution in [-0.4, -0.2) is 0 Å². The smallest absolute Gasteiger partial charge is 0.200 e. The molecule has 0 bridgehead atoms. The molecule has 17 heavy (non-hydrogen) atoms. The fourth-order valence-corrected chi connectivity index (χ4v) is 2.11. The topological polar surface area (TPSA) is 30.2 Å². The van der Waals surface area contributed by atoms with Crippen molar-refractivity contribution in [1.29, 1.82) is 0 Å². The molecule has 3 rings (SSSR count). The molecule has 0 fully saturated rings. The minimum Gasteiger partial charge on any atom is -0.463 e. The van der Waals surface area contributed by atoms with Crippen molar-refractivity contribution in [2.75, 3.05) is 0 Å². The molecule has 0 N–H and O–H groups in total. The summed E-state index contributed by atoms with van der Waals surface area (Å²) >= 11 is 0. The minimum atomic E-state index is 0.0388. The normalized spacial score (nSPS) is 18.6. The van der Waals surface area contributed by atoms with Crippen LogP contribution in [0.2, 0.25) is 0 Å². The molecule has 1 aromatic carbocycles. The van der Waals surface area contributed by atoms with Gasteiger partial charge in [-0.15, -0.1) is 0 Å². The number of benzene rings is 1. The third kappa shape index (κ3) is 1.62. The van der Waals surface area contributed by atoms with E-state index in [-0.39, 0.29) is 5.43 Å². The van der Waals surface area contributed by atoms with Gasteiger partial charge in [0, 0.05) is 0 Å². The molecule has 0 saturated heterocycles. The van der Waals surface area contributed by atoms with Crippen LogP contribution in [-0.2, 0) is 0 Å². The summed E-state index contributed by atoms with van der Waals surface area (Å²) in [7, 11) is 0. The lowest BCUT2D eigenvalue weighted by atomic mass is 10.1. The highest BCUT2D eigenvalue weighted by Gasteiger charge is 2.12. The Bertz CT molecular complexity index is 689. The second-order valence-electron chi connectivity index (χ2n) is 4.31. The Kier molecular flexibility index (Phi) is 2.22.